The summed E-state index contributed by atoms with van der Waals surface area (Å²) in [6, 6.07) is 2.30. The van der Waals surface area contributed by atoms with Crippen LogP contribution in [0.3, 0.4) is 0 Å². The molecule has 1 saturated heterocycles. The molecule has 6 heteroatoms. The number of nitriles is 1. The van der Waals surface area contributed by atoms with Crippen LogP contribution in [0.25, 0.3) is 0 Å². The molecule has 2 bridgehead atoms. The minimum Gasteiger partial charge on any atom is -0.501 e. The van der Waals surface area contributed by atoms with Crippen molar-refractivity contribution in [3.63, 3.8) is 0 Å². The van der Waals surface area contributed by atoms with Crippen molar-refractivity contribution in [1.82, 2.24) is 5.32 Å². The number of imide groups is 1. The average molecular weight is 288 g/mol. The normalized spacial score (nSPS) is 49.5. The van der Waals surface area contributed by atoms with Gasteiger partial charge in [-0.05, 0) is 12.5 Å². The Hall–Kier alpha value is -1.87. The van der Waals surface area contributed by atoms with Crippen LogP contribution in [-0.4, -0.2) is 31.6 Å². The molecule has 21 heavy (non-hydrogen) atoms. The lowest BCUT2D eigenvalue weighted by atomic mass is 9.40. The molecular formula is C15H16N2O4. The van der Waals surface area contributed by atoms with Gasteiger partial charge in [-0.2, -0.15) is 5.26 Å². The molecular weight excluding hydrogens is 272 g/mol. The molecule has 0 aromatic heterocycles. The van der Waals surface area contributed by atoms with E-state index in [0.29, 0.717) is 6.42 Å². The van der Waals surface area contributed by atoms with E-state index < -0.39 is 11.5 Å². The highest BCUT2D eigenvalue weighted by Gasteiger charge is 2.75. The lowest BCUT2D eigenvalue weighted by molar-refractivity contribution is -0.246. The molecule has 0 aromatic rings. The molecule has 2 amide bonds. The summed E-state index contributed by atoms with van der Waals surface area (Å²) < 4.78 is 11.2. The van der Waals surface area contributed by atoms with E-state index in [9.17, 15) is 14.9 Å². The van der Waals surface area contributed by atoms with E-state index in [0.717, 1.165) is 5.76 Å². The smallest absolute Gasteiger partial charge is 0.231 e. The number of allylic oxidation sites excluding steroid dienone is 1. The van der Waals surface area contributed by atoms with Crippen molar-refractivity contribution >= 4 is 11.8 Å². The molecule has 6 nitrogen and oxygen atoms in total. The predicted molar refractivity (Wildman–Crippen MR) is 69.2 cm³/mol. The monoisotopic (exact) mass is 288 g/mol. The Morgan fingerprint density at radius 3 is 2.62 bits per heavy atom. The van der Waals surface area contributed by atoms with Gasteiger partial charge in [-0.15, -0.1) is 0 Å². The van der Waals surface area contributed by atoms with E-state index in [1.54, 1.807) is 14.2 Å². The Kier molecular flexibility index (Phi) is 2.36. The van der Waals surface area contributed by atoms with Crippen molar-refractivity contribution in [2.24, 2.45) is 35.5 Å². The van der Waals surface area contributed by atoms with Crippen molar-refractivity contribution < 1.29 is 19.1 Å². The van der Waals surface area contributed by atoms with Crippen molar-refractivity contribution in [2.75, 3.05) is 14.2 Å². The van der Waals surface area contributed by atoms with Gasteiger partial charge in [0.05, 0.1) is 42.3 Å². The van der Waals surface area contributed by atoms with Gasteiger partial charge in [0.25, 0.3) is 0 Å². The summed E-state index contributed by atoms with van der Waals surface area (Å²) in [6.07, 6.45) is 2.60. The standard InChI is InChI=1S/C15H16N2O4/c1-20-9-4-8-11-12(14(19)17-13(11)18)10(9)7-3-6(5-16)15(7,8)21-2/h4,6-8,10-12H,3H2,1-2H3,(H,17,18,19). The van der Waals surface area contributed by atoms with Crippen LogP contribution >= 0.6 is 0 Å². The number of hydrogen-bond donors (Lipinski definition) is 1. The van der Waals surface area contributed by atoms with Gasteiger partial charge < -0.3 is 9.47 Å². The van der Waals surface area contributed by atoms with Crippen molar-refractivity contribution in [2.45, 2.75) is 12.0 Å². The highest BCUT2D eigenvalue weighted by atomic mass is 16.5. The van der Waals surface area contributed by atoms with E-state index in [1.807, 2.05) is 6.08 Å². The van der Waals surface area contributed by atoms with Crippen LogP contribution < -0.4 is 5.32 Å². The SMILES string of the molecule is COC1=CC2C3C(=O)NC(=O)C3C1C1CC(C#N)C21OC. The lowest BCUT2D eigenvalue weighted by Crippen LogP contribution is -2.72. The molecule has 5 aliphatic rings. The molecule has 1 N–H and O–H groups in total. The Morgan fingerprint density at radius 2 is 2.00 bits per heavy atom. The number of nitrogens with one attached hydrogen (secondary N) is 1. The number of carbonyl (C=O) groups is 2. The summed E-state index contributed by atoms with van der Waals surface area (Å²) in [5.41, 5.74) is -0.648. The lowest BCUT2D eigenvalue weighted by Gasteiger charge is -2.65. The summed E-state index contributed by atoms with van der Waals surface area (Å²) in [6.45, 7) is 0. The molecule has 110 valence electrons. The number of methoxy groups -OCH3 is 2. The van der Waals surface area contributed by atoms with Crippen molar-refractivity contribution in [3.05, 3.63) is 11.8 Å². The van der Waals surface area contributed by atoms with E-state index in [1.165, 1.54) is 0 Å². The van der Waals surface area contributed by atoms with Gasteiger partial charge in [0.1, 0.15) is 0 Å². The second-order valence-corrected chi connectivity index (χ2v) is 6.31. The molecule has 5 rings (SSSR count). The van der Waals surface area contributed by atoms with Crippen LogP contribution in [0, 0.1) is 46.8 Å². The number of nitrogens with zero attached hydrogens (tertiary/aromatic N) is 1. The quantitative estimate of drug-likeness (QED) is 0.734. The van der Waals surface area contributed by atoms with Crippen LogP contribution in [0.1, 0.15) is 6.42 Å². The molecule has 1 aliphatic heterocycles. The third-order valence-corrected chi connectivity index (χ3v) is 6.00. The minimum atomic E-state index is -0.648. The summed E-state index contributed by atoms with van der Waals surface area (Å²) in [5.74, 6) is -1.13. The largest absolute Gasteiger partial charge is 0.501 e. The Bertz CT molecular complexity index is 622. The average Bonchev–Trinajstić information content (AvgIpc) is 2.76. The Balaban J connectivity index is 1.89. The maximum absolute atomic E-state index is 12.2. The van der Waals surface area contributed by atoms with Gasteiger partial charge in [0.15, 0.2) is 0 Å². The van der Waals surface area contributed by atoms with Crippen molar-refractivity contribution in [1.29, 1.82) is 5.26 Å². The summed E-state index contributed by atoms with van der Waals surface area (Å²) in [7, 11) is 3.19. The number of hydrogen-bond acceptors (Lipinski definition) is 5. The first kappa shape index (κ1) is 12.8. The first-order chi connectivity index (χ1) is 10.1. The maximum atomic E-state index is 12.2. The summed E-state index contributed by atoms with van der Waals surface area (Å²) >= 11 is 0. The van der Waals surface area contributed by atoms with E-state index >= 15 is 0 Å². The minimum absolute atomic E-state index is 0.0648. The number of amides is 2. The van der Waals surface area contributed by atoms with Gasteiger partial charge in [-0.3, -0.25) is 14.9 Å². The van der Waals surface area contributed by atoms with Crippen LogP contribution in [0.15, 0.2) is 11.8 Å². The van der Waals surface area contributed by atoms with Crippen LogP contribution in [0.4, 0.5) is 0 Å². The molecule has 2 saturated carbocycles. The molecule has 7 atom stereocenters. The fourth-order valence-corrected chi connectivity index (χ4v) is 5.23. The fraction of sp³-hybridized carbons (Fsp3) is 0.667. The first-order valence-corrected chi connectivity index (χ1v) is 7.15. The third-order valence-electron chi connectivity index (χ3n) is 6.00. The van der Waals surface area contributed by atoms with Crippen molar-refractivity contribution in [3.8, 4) is 6.07 Å². The second-order valence-electron chi connectivity index (χ2n) is 6.31. The van der Waals surface area contributed by atoms with E-state index in [-0.39, 0.29) is 41.4 Å². The third kappa shape index (κ3) is 1.18. The second kappa shape index (κ2) is 3.86. The molecule has 3 fully saturated rings. The molecule has 0 aromatic carbocycles. The molecule has 1 heterocycles. The molecule has 7 unspecified atom stereocenters. The predicted octanol–water partition coefficient (Wildman–Crippen LogP) is 0.210. The molecule has 4 aliphatic carbocycles. The van der Waals surface area contributed by atoms with Gasteiger partial charge in [0, 0.05) is 24.9 Å². The summed E-state index contributed by atoms with van der Waals surface area (Å²) in [5, 5.41) is 11.8. The Morgan fingerprint density at radius 1 is 1.29 bits per heavy atom. The van der Waals surface area contributed by atoms with Crippen LogP contribution in [0.5, 0.6) is 0 Å². The highest BCUT2D eigenvalue weighted by Crippen LogP contribution is 2.68. The highest BCUT2D eigenvalue weighted by molar-refractivity contribution is 6.06. The van der Waals surface area contributed by atoms with E-state index in [2.05, 4.69) is 11.4 Å². The van der Waals surface area contributed by atoms with Gasteiger partial charge in [0.2, 0.25) is 11.8 Å². The van der Waals surface area contributed by atoms with Crippen LogP contribution in [0.2, 0.25) is 0 Å². The fourth-order valence-electron chi connectivity index (χ4n) is 5.23. The zero-order valence-corrected chi connectivity index (χ0v) is 11.8. The number of rotatable bonds is 2. The van der Waals surface area contributed by atoms with E-state index in [4.69, 9.17) is 9.47 Å². The molecule has 0 radical (unpaired) electrons. The number of ether oxygens (including phenoxy) is 2. The topological polar surface area (TPSA) is 88.4 Å². The van der Waals surface area contributed by atoms with Crippen LogP contribution in [-0.2, 0) is 19.1 Å². The van der Waals surface area contributed by atoms with Gasteiger partial charge >= 0.3 is 0 Å². The van der Waals surface area contributed by atoms with Gasteiger partial charge in [-0.25, -0.2) is 0 Å². The first-order valence-electron chi connectivity index (χ1n) is 7.15. The number of carbonyl (C=O) groups excluding carboxylic acids is 2. The molecule has 0 spiro atoms. The maximum Gasteiger partial charge on any atom is 0.231 e. The zero-order chi connectivity index (χ0) is 14.9. The zero-order valence-electron chi connectivity index (χ0n) is 11.8. The Labute approximate surface area is 122 Å². The van der Waals surface area contributed by atoms with Gasteiger partial charge in [-0.1, -0.05) is 0 Å². The summed E-state index contributed by atoms with van der Waals surface area (Å²) in [4.78, 5) is 24.4.